The normalized spacial score (nSPS) is 10.2. The van der Waals surface area contributed by atoms with E-state index in [1.165, 1.54) is 18.3 Å². The number of methoxy groups -OCH3 is 1. The van der Waals surface area contributed by atoms with Crippen LogP contribution in [0, 0.1) is 0 Å². The fourth-order valence-corrected chi connectivity index (χ4v) is 1.69. The fraction of sp³-hybridized carbons (Fsp3) is 0.143. The average Bonchev–Trinajstić information content (AvgIpc) is 2.40. The second-order valence-electron chi connectivity index (χ2n) is 3.99. The fourth-order valence-electron chi connectivity index (χ4n) is 1.69. The highest BCUT2D eigenvalue weighted by atomic mass is 16.5. The van der Waals surface area contributed by atoms with Crippen LogP contribution in [-0.4, -0.2) is 23.2 Å². The van der Waals surface area contributed by atoms with Crippen LogP contribution in [0.1, 0.15) is 15.9 Å². The Morgan fingerprint density at radius 1 is 1.37 bits per heavy atom. The van der Waals surface area contributed by atoms with E-state index in [2.05, 4.69) is 10.3 Å². The lowest BCUT2D eigenvalue weighted by atomic mass is 10.2. The number of hydrogen-bond acceptors (Lipinski definition) is 4. The molecule has 0 saturated heterocycles. The Hall–Kier alpha value is -2.40. The number of carbonyl (C=O) groups is 1. The van der Waals surface area contributed by atoms with E-state index in [1.807, 2.05) is 24.3 Å². The molecule has 5 heteroatoms. The number of hydrogen-bond donors (Lipinski definition) is 2. The first kappa shape index (κ1) is 13.0. The lowest BCUT2D eigenvalue weighted by molar-refractivity contribution is 0.0697. The zero-order valence-electron chi connectivity index (χ0n) is 10.5. The minimum atomic E-state index is -0.974. The summed E-state index contributed by atoms with van der Waals surface area (Å²) < 4.78 is 5.06. The van der Waals surface area contributed by atoms with Crippen molar-refractivity contribution in [1.29, 1.82) is 0 Å². The maximum atomic E-state index is 10.9. The Morgan fingerprint density at radius 2 is 2.21 bits per heavy atom. The van der Waals surface area contributed by atoms with Crippen molar-refractivity contribution in [2.24, 2.45) is 0 Å². The molecular weight excluding hydrogens is 244 g/mol. The topological polar surface area (TPSA) is 71.5 Å². The Balaban J connectivity index is 2.18. The number of carboxylic acids is 1. The van der Waals surface area contributed by atoms with Crippen LogP contribution < -0.4 is 5.32 Å². The molecule has 98 valence electrons. The van der Waals surface area contributed by atoms with E-state index < -0.39 is 5.97 Å². The Kier molecular flexibility index (Phi) is 4.10. The summed E-state index contributed by atoms with van der Waals surface area (Å²) in [6, 6.07) is 10.6. The highest BCUT2D eigenvalue weighted by molar-refractivity contribution is 5.88. The molecular formula is C14H14N2O3. The van der Waals surface area contributed by atoms with Gasteiger partial charge in [-0.1, -0.05) is 12.1 Å². The molecule has 0 bridgehead atoms. The van der Waals surface area contributed by atoms with Gasteiger partial charge < -0.3 is 15.2 Å². The van der Waals surface area contributed by atoms with Crippen molar-refractivity contribution in [3.63, 3.8) is 0 Å². The number of rotatable bonds is 5. The van der Waals surface area contributed by atoms with Gasteiger partial charge in [-0.05, 0) is 29.8 Å². The number of nitrogens with one attached hydrogen (secondary N) is 1. The van der Waals surface area contributed by atoms with E-state index in [0.29, 0.717) is 12.4 Å². The standard InChI is InChI=1S/C14H14N2O3/c1-19-9-10-3-2-4-12(7-10)16-13-8-11(14(17)18)5-6-15-13/h2-8H,9H2,1H3,(H,15,16)(H,17,18). The molecule has 0 unspecified atom stereocenters. The van der Waals surface area contributed by atoms with Gasteiger partial charge in [0.05, 0.1) is 12.2 Å². The van der Waals surface area contributed by atoms with Crippen LogP contribution in [0.5, 0.6) is 0 Å². The third-order valence-corrected chi connectivity index (χ3v) is 2.52. The molecule has 0 aliphatic rings. The molecule has 0 aliphatic heterocycles. The quantitative estimate of drug-likeness (QED) is 0.862. The Labute approximate surface area is 110 Å². The molecule has 2 aromatic rings. The van der Waals surface area contributed by atoms with Crippen molar-refractivity contribution in [1.82, 2.24) is 4.98 Å². The SMILES string of the molecule is COCc1cccc(Nc2cc(C(=O)O)ccn2)c1. The first-order chi connectivity index (χ1) is 9.19. The van der Waals surface area contributed by atoms with Gasteiger partial charge in [-0.25, -0.2) is 9.78 Å². The van der Waals surface area contributed by atoms with Crippen LogP contribution >= 0.6 is 0 Å². The lowest BCUT2D eigenvalue weighted by Crippen LogP contribution is -2.00. The van der Waals surface area contributed by atoms with Crippen LogP contribution in [0.3, 0.4) is 0 Å². The summed E-state index contributed by atoms with van der Waals surface area (Å²) in [5.74, 6) is -0.479. The highest BCUT2D eigenvalue weighted by Gasteiger charge is 2.04. The number of anilines is 2. The number of benzene rings is 1. The maximum absolute atomic E-state index is 10.9. The Morgan fingerprint density at radius 3 is 2.95 bits per heavy atom. The van der Waals surface area contributed by atoms with Crippen molar-refractivity contribution in [3.05, 3.63) is 53.7 Å². The summed E-state index contributed by atoms with van der Waals surface area (Å²) in [5.41, 5.74) is 2.07. The van der Waals surface area contributed by atoms with Gasteiger partial charge in [-0.2, -0.15) is 0 Å². The van der Waals surface area contributed by atoms with Gasteiger partial charge in [-0.3, -0.25) is 0 Å². The predicted octanol–water partition coefficient (Wildman–Crippen LogP) is 2.67. The summed E-state index contributed by atoms with van der Waals surface area (Å²) in [4.78, 5) is 15.0. The van der Waals surface area contributed by atoms with Crippen LogP contribution in [0.15, 0.2) is 42.6 Å². The largest absolute Gasteiger partial charge is 0.478 e. The molecule has 0 aliphatic carbocycles. The summed E-state index contributed by atoms with van der Waals surface area (Å²) in [6.45, 7) is 0.526. The van der Waals surface area contributed by atoms with Crippen molar-refractivity contribution in [2.75, 3.05) is 12.4 Å². The lowest BCUT2D eigenvalue weighted by Gasteiger charge is -2.08. The number of ether oxygens (including phenoxy) is 1. The van der Waals surface area contributed by atoms with Gasteiger partial charge >= 0.3 is 5.97 Å². The predicted molar refractivity (Wildman–Crippen MR) is 71.6 cm³/mol. The van der Waals surface area contributed by atoms with Gasteiger partial charge in [0, 0.05) is 19.0 Å². The molecule has 1 aromatic carbocycles. The number of nitrogens with zero attached hydrogens (tertiary/aromatic N) is 1. The van der Waals surface area contributed by atoms with Crippen molar-refractivity contribution < 1.29 is 14.6 Å². The van der Waals surface area contributed by atoms with E-state index in [0.717, 1.165) is 11.3 Å². The molecule has 5 nitrogen and oxygen atoms in total. The van der Waals surface area contributed by atoms with Gasteiger partial charge in [-0.15, -0.1) is 0 Å². The van der Waals surface area contributed by atoms with Crippen molar-refractivity contribution in [3.8, 4) is 0 Å². The van der Waals surface area contributed by atoms with Gasteiger partial charge in [0.15, 0.2) is 0 Å². The number of aromatic nitrogens is 1. The third kappa shape index (κ3) is 3.53. The van der Waals surface area contributed by atoms with Crippen LogP contribution in [-0.2, 0) is 11.3 Å². The number of aromatic carboxylic acids is 1. The molecule has 0 fully saturated rings. The van der Waals surface area contributed by atoms with E-state index in [-0.39, 0.29) is 5.56 Å². The Bertz CT molecular complexity index is 584. The monoisotopic (exact) mass is 258 g/mol. The summed E-state index contributed by atoms with van der Waals surface area (Å²) >= 11 is 0. The first-order valence-electron chi connectivity index (χ1n) is 5.73. The van der Waals surface area contributed by atoms with E-state index in [1.54, 1.807) is 7.11 Å². The molecule has 0 radical (unpaired) electrons. The van der Waals surface area contributed by atoms with Gasteiger partial charge in [0.1, 0.15) is 5.82 Å². The summed E-state index contributed by atoms with van der Waals surface area (Å²) in [7, 11) is 1.64. The zero-order valence-corrected chi connectivity index (χ0v) is 10.5. The van der Waals surface area contributed by atoms with E-state index in [4.69, 9.17) is 9.84 Å². The van der Waals surface area contributed by atoms with Crippen LogP contribution in [0.4, 0.5) is 11.5 Å². The molecule has 2 rings (SSSR count). The zero-order chi connectivity index (χ0) is 13.7. The van der Waals surface area contributed by atoms with Crippen LogP contribution in [0.2, 0.25) is 0 Å². The number of pyridine rings is 1. The first-order valence-corrected chi connectivity index (χ1v) is 5.73. The minimum absolute atomic E-state index is 0.200. The molecule has 2 N–H and O–H groups in total. The molecule has 0 amide bonds. The molecule has 19 heavy (non-hydrogen) atoms. The third-order valence-electron chi connectivity index (χ3n) is 2.52. The molecule has 1 heterocycles. The molecule has 1 aromatic heterocycles. The summed E-state index contributed by atoms with van der Waals surface area (Å²) in [5, 5.41) is 12.0. The van der Waals surface area contributed by atoms with Gasteiger partial charge in [0.2, 0.25) is 0 Å². The average molecular weight is 258 g/mol. The van der Waals surface area contributed by atoms with Crippen molar-refractivity contribution in [2.45, 2.75) is 6.61 Å². The molecule has 0 atom stereocenters. The maximum Gasteiger partial charge on any atom is 0.335 e. The number of carboxylic acid groups (broad SMARTS) is 1. The van der Waals surface area contributed by atoms with E-state index in [9.17, 15) is 4.79 Å². The highest BCUT2D eigenvalue weighted by Crippen LogP contribution is 2.17. The van der Waals surface area contributed by atoms with Gasteiger partial charge in [0.25, 0.3) is 0 Å². The summed E-state index contributed by atoms with van der Waals surface area (Å²) in [6.07, 6.45) is 1.46. The van der Waals surface area contributed by atoms with Crippen LogP contribution in [0.25, 0.3) is 0 Å². The molecule has 0 saturated carbocycles. The van der Waals surface area contributed by atoms with E-state index >= 15 is 0 Å². The second kappa shape index (κ2) is 5.97. The van der Waals surface area contributed by atoms with Crippen molar-refractivity contribution >= 4 is 17.5 Å². The smallest absolute Gasteiger partial charge is 0.335 e. The minimum Gasteiger partial charge on any atom is -0.478 e. The molecule has 0 spiro atoms. The second-order valence-corrected chi connectivity index (χ2v) is 3.99.